The zero-order valence-corrected chi connectivity index (χ0v) is 11.8. The van der Waals surface area contributed by atoms with E-state index in [-0.39, 0.29) is 37.1 Å². The summed E-state index contributed by atoms with van der Waals surface area (Å²) < 4.78 is 27.8. The highest BCUT2D eigenvalue weighted by atomic mass is 35.5. The normalized spacial score (nSPS) is 18.1. The highest BCUT2D eigenvalue weighted by Gasteiger charge is 2.24. The lowest BCUT2D eigenvalue weighted by Crippen LogP contribution is -2.45. The quantitative estimate of drug-likeness (QED) is 0.835. The van der Waals surface area contributed by atoms with Crippen molar-refractivity contribution in [2.24, 2.45) is 0 Å². The molecule has 1 amide bonds. The molecule has 0 saturated carbocycles. The monoisotopic (exact) mass is 303 g/mol. The third kappa shape index (κ3) is 4.11. The standard InChI is InChI=1S/C12H14ClNO4S/c13-10-1-3-11(4-2-10)18-9-12(15)14-5-7-19(16,17)8-6-14/h1-4H,5-9H2. The van der Waals surface area contributed by atoms with Crippen LogP contribution in [0.2, 0.25) is 5.02 Å². The van der Waals surface area contributed by atoms with Crippen molar-refractivity contribution in [1.29, 1.82) is 0 Å². The molecule has 1 aliphatic heterocycles. The summed E-state index contributed by atoms with van der Waals surface area (Å²) in [7, 11) is -2.97. The minimum absolute atomic E-state index is 0.0275. The molecule has 0 spiro atoms. The molecule has 0 N–H and O–H groups in total. The second-order valence-electron chi connectivity index (χ2n) is 4.28. The van der Waals surface area contributed by atoms with Crippen molar-refractivity contribution >= 4 is 27.3 Å². The van der Waals surface area contributed by atoms with Crippen LogP contribution in [0.5, 0.6) is 5.75 Å². The molecule has 5 nitrogen and oxygen atoms in total. The number of hydrogen-bond acceptors (Lipinski definition) is 4. The number of carbonyl (C=O) groups is 1. The van der Waals surface area contributed by atoms with Crippen molar-refractivity contribution in [3.63, 3.8) is 0 Å². The third-order valence-corrected chi connectivity index (χ3v) is 4.73. The third-order valence-electron chi connectivity index (χ3n) is 2.87. The highest BCUT2D eigenvalue weighted by molar-refractivity contribution is 7.91. The lowest BCUT2D eigenvalue weighted by atomic mass is 10.3. The summed E-state index contributed by atoms with van der Waals surface area (Å²) in [5.74, 6) is 0.409. The smallest absolute Gasteiger partial charge is 0.260 e. The zero-order valence-electron chi connectivity index (χ0n) is 10.2. The number of sulfone groups is 1. The second kappa shape index (κ2) is 5.79. The van der Waals surface area contributed by atoms with Crippen molar-refractivity contribution in [3.8, 4) is 5.75 Å². The summed E-state index contributed by atoms with van der Waals surface area (Å²) in [5.41, 5.74) is 0. The summed E-state index contributed by atoms with van der Waals surface area (Å²) in [6.07, 6.45) is 0. The largest absolute Gasteiger partial charge is 0.484 e. The van der Waals surface area contributed by atoms with Gasteiger partial charge in [0.15, 0.2) is 16.4 Å². The van der Waals surface area contributed by atoms with E-state index in [4.69, 9.17) is 16.3 Å². The summed E-state index contributed by atoms with van der Waals surface area (Å²) in [4.78, 5) is 13.3. The molecule has 1 aromatic rings. The van der Waals surface area contributed by atoms with Crippen LogP contribution in [0.3, 0.4) is 0 Å². The molecule has 0 unspecified atom stereocenters. The average Bonchev–Trinajstić information content (AvgIpc) is 2.37. The molecule has 19 heavy (non-hydrogen) atoms. The van der Waals surface area contributed by atoms with Gasteiger partial charge in [-0.2, -0.15) is 0 Å². The molecule has 1 saturated heterocycles. The Morgan fingerprint density at radius 2 is 1.79 bits per heavy atom. The summed E-state index contributed by atoms with van der Waals surface area (Å²) >= 11 is 5.74. The van der Waals surface area contributed by atoms with Crippen LogP contribution in [0, 0.1) is 0 Å². The van der Waals surface area contributed by atoms with Gasteiger partial charge in [0.2, 0.25) is 0 Å². The Morgan fingerprint density at radius 3 is 2.37 bits per heavy atom. The Balaban J connectivity index is 1.83. The first-order valence-corrected chi connectivity index (χ1v) is 8.03. The van der Waals surface area contributed by atoms with Crippen molar-refractivity contribution < 1.29 is 17.9 Å². The Labute approximate surface area is 117 Å². The maximum absolute atomic E-state index is 11.8. The summed E-state index contributed by atoms with van der Waals surface area (Å²) in [6, 6.07) is 6.70. The molecule has 1 aliphatic rings. The average molecular weight is 304 g/mol. The topological polar surface area (TPSA) is 63.7 Å². The van der Waals surface area contributed by atoms with E-state index < -0.39 is 9.84 Å². The first kappa shape index (κ1) is 14.1. The fourth-order valence-electron chi connectivity index (χ4n) is 1.73. The Hall–Kier alpha value is -1.27. The van der Waals surface area contributed by atoms with Crippen LogP contribution < -0.4 is 4.74 Å². The van der Waals surface area contributed by atoms with Crippen LogP contribution >= 0.6 is 11.6 Å². The highest BCUT2D eigenvalue weighted by Crippen LogP contribution is 2.15. The Kier molecular flexibility index (Phi) is 4.31. The van der Waals surface area contributed by atoms with Gasteiger partial charge in [0.1, 0.15) is 5.75 Å². The molecule has 0 bridgehead atoms. The van der Waals surface area contributed by atoms with E-state index in [9.17, 15) is 13.2 Å². The van der Waals surface area contributed by atoms with Gasteiger partial charge in [-0.05, 0) is 24.3 Å². The van der Waals surface area contributed by atoms with E-state index in [1.807, 2.05) is 0 Å². The van der Waals surface area contributed by atoms with Crippen LogP contribution in [-0.2, 0) is 14.6 Å². The number of ether oxygens (including phenoxy) is 1. The van der Waals surface area contributed by atoms with Gasteiger partial charge in [-0.3, -0.25) is 4.79 Å². The summed E-state index contributed by atoms with van der Waals surface area (Å²) in [5, 5.41) is 0.597. The Bertz CT molecular complexity index is 542. The molecule has 0 aromatic heterocycles. The van der Waals surface area contributed by atoms with Crippen LogP contribution in [0.25, 0.3) is 0 Å². The van der Waals surface area contributed by atoms with E-state index in [0.29, 0.717) is 10.8 Å². The first-order valence-electron chi connectivity index (χ1n) is 5.83. The maximum atomic E-state index is 11.8. The van der Waals surface area contributed by atoms with Crippen LogP contribution in [0.4, 0.5) is 0 Å². The van der Waals surface area contributed by atoms with E-state index in [1.54, 1.807) is 24.3 Å². The Morgan fingerprint density at radius 1 is 1.21 bits per heavy atom. The van der Waals surface area contributed by atoms with Gasteiger partial charge in [-0.1, -0.05) is 11.6 Å². The minimum Gasteiger partial charge on any atom is -0.484 e. The fourth-order valence-corrected chi connectivity index (χ4v) is 3.06. The van der Waals surface area contributed by atoms with Crippen LogP contribution in [-0.4, -0.2) is 50.4 Å². The number of nitrogens with zero attached hydrogens (tertiary/aromatic N) is 1. The summed E-state index contributed by atoms with van der Waals surface area (Å²) in [6.45, 7) is 0.387. The molecular weight excluding hydrogens is 290 g/mol. The maximum Gasteiger partial charge on any atom is 0.260 e. The molecule has 0 atom stereocenters. The molecule has 104 valence electrons. The molecule has 0 radical (unpaired) electrons. The van der Waals surface area contributed by atoms with E-state index in [2.05, 4.69) is 0 Å². The van der Waals surface area contributed by atoms with Crippen molar-refractivity contribution in [3.05, 3.63) is 29.3 Å². The molecule has 1 fully saturated rings. The number of benzene rings is 1. The number of carbonyl (C=O) groups excluding carboxylic acids is 1. The molecule has 7 heteroatoms. The zero-order chi connectivity index (χ0) is 13.9. The van der Waals surface area contributed by atoms with E-state index in [0.717, 1.165) is 0 Å². The fraction of sp³-hybridized carbons (Fsp3) is 0.417. The van der Waals surface area contributed by atoms with Gasteiger partial charge in [-0.25, -0.2) is 8.42 Å². The van der Waals surface area contributed by atoms with Crippen molar-refractivity contribution in [2.45, 2.75) is 0 Å². The molecule has 2 rings (SSSR count). The molecule has 1 aromatic carbocycles. The lowest BCUT2D eigenvalue weighted by Gasteiger charge is -2.26. The van der Waals surface area contributed by atoms with Crippen molar-refractivity contribution in [1.82, 2.24) is 4.90 Å². The van der Waals surface area contributed by atoms with Gasteiger partial charge < -0.3 is 9.64 Å². The van der Waals surface area contributed by atoms with Crippen molar-refractivity contribution in [2.75, 3.05) is 31.2 Å². The van der Waals surface area contributed by atoms with Gasteiger partial charge in [-0.15, -0.1) is 0 Å². The molecule has 1 heterocycles. The number of hydrogen-bond donors (Lipinski definition) is 0. The van der Waals surface area contributed by atoms with Gasteiger partial charge in [0, 0.05) is 18.1 Å². The van der Waals surface area contributed by atoms with E-state index in [1.165, 1.54) is 4.90 Å². The molecule has 0 aliphatic carbocycles. The number of rotatable bonds is 3. The minimum atomic E-state index is -2.97. The van der Waals surface area contributed by atoms with Crippen LogP contribution in [0.15, 0.2) is 24.3 Å². The number of amides is 1. The first-order chi connectivity index (χ1) is 8.96. The number of halogens is 1. The SMILES string of the molecule is O=C(COc1ccc(Cl)cc1)N1CCS(=O)(=O)CC1. The van der Waals surface area contributed by atoms with Gasteiger partial charge in [0.05, 0.1) is 11.5 Å². The lowest BCUT2D eigenvalue weighted by molar-refractivity contribution is -0.133. The predicted octanol–water partition coefficient (Wildman–Crippen LogP) is 0.976. The van der Waals surface area contributed by atoms with Gasteiger partial charge in [0.25, 0.3) is 5.91 Å². The van der Waals surface area contributed by atoms with Gasteiger partial charge >= 0.3 is 0 Å². The molecular formula is C12H14ClNO4S. The predicted molar refractivity (Wildman–Crippen MR) is 72.2 cm³/mol. The second-order valence-corrected chi connectivity index (χ2v) is 7.02. The van der Waals surface area contributed by atoms with Crippen LogP contribution in [0.1, 0.15) is 0 Å². The van der Waals surface area contributed by atoms with E-state index >= 15 is 0 Å².